The zero-order chi connectivity index (χ0) is 29.4. The van der Waals surface area contributed by atoms with Gasteiger partial charge in [0.05, 0.1) is 22.0 Å². The number of sulfonamides is 1. The number of nitrogens with zero attached hydrogens (tertiary/aromatic N) is 2. The molecule has 3 aromatic rings. The lowest BCUT2D eigenvalue weighted by Gasteiger charge is -2.33. The second kappa shape index (κ2) is 14.0. The molecule has 3 aromatic carbocycles. The molecule has 7 nitrogen and oxygen atoms in total. The zero-order valence-electron chi connectivity index (χ0n) is 22.5. The number of benzene rings is 3. The Labute approximate surface area is 244 Å². The third kappa shape index (κ3) is 8.94. The Hall–Kier alpha value is -3.14. The second-order valence-corrected chi connectivity index (χ2v) is 12.6. The van der Waals surface area contributed by atoms with Crippen LogP contribution in [0.3, 0.4) is 0 Å². The van der Waals surface area contributed by atoms with E-state index in [9.17, 15) is 22.4 Å². The van der Waals surface area contributed by atoms with E-state index >= 15 is 0 Å². The summed E-state index contributed by atoms with van der Waals surface area (Å²) in [5.74, 6) is -1.28. The number of halogens is 3. The number of amides is 2. The first-order valence-electron chi connectivity index (χ1n) is 12.6. The molecule has 0 aromatic heterocycles. The van der Waals surface area contributed by atoms with Crippen LogP contribution in [-0.2, 0) is 32.6 Å². The van der Waals surface area contributed by atoms with Crippen LogP contribution in [0.4, 0.5) is 10.1 Å². The Morgan fingerprint density at radius 3 is 2.15 bits per heavy atom. The molecule has 0 fully saturated rings. The molecule has 1 atom stereocenters. The van der Waals surface area contributed by atoms with E-state index in [1.807, 2.05) is 44.2 Å². The van der Waals surface area contributed by atoms with Gasteiger partial charge in [0, 0.05) is 19.5 Å². The minimum absolute atomic E-state index is 0.0509. The van der Waals surface area contributed by atoms with Crippen LogP contribution in [0.2, 0.25) is 10.0 Å². The van der Waals surface area contributed by atoms with Gasteiger partial charge in [0.2, 0.25) is 21.8 Å². The smallest absolute Gasteiger partial charge is 0.244 e. The number of carbonyl (C=O) groups excluding carboxylic acids is 2. The molecule has 1 N–H and O–H groups in total. The van der Waals surface area contributed by atoms with E-state index in [2.05, 4.69) is 5.32 Å². The molecule has 0 aliphatic heterocycles. The van der Waals surface area contributed by atoms with Crippen LogP contribution < -0.4 is 9.62 Å². The topological polar surface area (TPSA) is 86.8 Å². The molecule has 214 valence electrons. The van der Waals surface area contributed by atoms with Gasteiger partial charge in [-0.25, -0.2) is 12.8 Å². The van der Waals surface area contributed by atoms with E-state index in [4.69, 9.17) is 23.2 Å². The molecule has 40 heavy (non-hydrogen) atoms. The van der Waals surface area contributed by atoms with Crippen molar-refractivity contribution >= 4 is 50.7 Å². The highest BCUT2D eigenvalue weighted by molar-refractivity contribution is 7.92. The molecular formula is C29H32Cl2FN3O4S. The van der Waals surface area contributed by atoms with E-state index in [1.54, 1.807) is 0 Å². The molecule has 2 amide bonds. The van der Waals surface area contributed by atoms with E-state index < -0.39 is 34.3 Å². The van der Waals surface area contributed by atoms with Gasteiger partial charge in [0.25, 0.3) is 0 Å². The van der Waals surface area contributed by atoms with E-state index in [0.29, 0.717) is 12.1 Å². The van der Waals surface area contributed by atoms with Gasteiger partial charge in [-0.3, -0.25) is 13.9 Å². The largest absolute Gasteiger partial charge is 0.354 e. The fourth-order valence-electron chi connectivity index (χ4n) is 4.02. The van der Waals surface area contributed by atoms with Crippen molar-refractivity contribution in [3.63, 3.8) is 0 Å². The standard InChI is InChI=1S/C29H32Cl2FN3O4S/c1-20(2)17-33-29(37)27(15-21-7-5-4-6-8-21)34(18-22-9-11-23(32)12-10-22)28(36)19-35(40(3,38)39)24-13-14-25(30)26(31)16-24/h4-14,16,20,27H,15,17-19H2,1-3H3,(H,33,37)/t27-/m1/s1. The summed E-state index contributed by atoms with van der Waals surface area (Å²) in [6.45, 7) is 3.65. The Balaban J connectivity index is 2.05. The van der Waals surface area contributed by atoms with Crippen molar-refractivity contribution in [1.82, 2.24) is 10.2 Å². The Morgan fingerprint density at radius 1 is 0.925 bits per heavy atom. The number of hydrogen-bond donors (Lipinski definition) is 1. The summed E-state index contributed by atoms with van der Waals surface area (Å²) in [7, 11) is -3.95. The number of carbonyl (C=O) groups is 2. The predicted molar refractivity (Wildman–Crippen MR) is 157 cm³/mol. The van der Waals surface area contributed by atoms with Crippen molar-refractivity contribution in [2.75, 3.05) is 23.7 Å². The lowest BCUT2D eigenvalue weighted by molar-refractivity contribution is -0.140. The molecule has 0 heterocycles. The molecule has 0 saturated heterocycles. The van der Waals surface area contributed by atoms with Gasteiger partial charge >= 0.3 is 0 Å². The highest BCUT2D eigenvalue weighted by Crippen LogP contribution is 2.29. The third-order valence-electron chi connectivity index (χ3n) is 6.09. The molecule has 0 spiro atoms. The minimum atomic E-state index is -3.95. The average molecular weight is 609 g/mol. The predicted octanol–water partition coefficient (Wildman–Crippen LogP) is 5.31. The van der Waals surface area contributed by atoms with Gasteiger partial charge < -0.3 is 10.2 Å². The van der Waals surface area contributed by atoms with Gasteiger partial charge in [-0.15, -0.1) is 0 Å². The second-order valence-electron chi connectivity index (χ2n) is 9.86. The van der Waals surface area contributed by atoms with Gasteiger partial charge in [-0.2, -0.15) is 0 Å². The molecular weight excluding hydrogens is 576 g/mol. The summed E-state index contributed by atoms with van der Waals surface area (Å²) >= 11 is 12.2. The fourth-order valence-corrected chi connectivity index (χ4v) is 5.15. The Bertz CT molecular complexity index is 1420. The Kier molecular flexibility index (Phi) is 11.0. The molecule has 11 heteroatoms. The molecule has 3 rings (SSSR count). The third-order valence-corrected chi connectivity index (χ3v) is 7.97. The monoisotopic (exact) mass is 607 g/mol. The average Bonchev–Trinajstić information content (AvgIpc) is 2.90. The lowest BCUT2D eigenvalue weighted by Crippen LogP contribution is -2.53. The van der Waals surface area contributed by atoms with Crippen molar-refractivity contribution in [3.05, 3.63) is 99.8 Å². The number of hydrogen-bond acceptors (Lipinski definition) is 4. The Morgan fingerprint density at radius 2 is 1.57 bits per heavy atom. The maximum atomic E-state index is 14.0. The van der Waals surface area contributed by atoms with Crippen LogP contribution in [0.1, 0.15) is 25.0 Å². The number of anilines is 1. The molecule has 0 radical (unpaired) electrons. The van der Waals surface area contributed by atoms with E-state index in [1.165, 1.54) is 47.4 Å². The highest BCUT2D eigenvalue weighted by Gasteiger charge is 2.33. The molecule has 0 bridgehead atoms. The SMILES string of the molecule is CC(C)CNC(=O)[C@@H](Cc1ccccc1)N(Cc1ccc(F)cc1)C(=O)CN(c1ccc(Cl)c(Cl)c1)S(C)(=O)=O. The van der Waals surface area contributed by atoms with Crippen molar-refractivity contribution in [2.45, 2.75) is 32.9 Å². The maximum Gasteiger partial charge on any atom is 0.244 e. The van der Waals surface area contributed by atoms with Gasteiger partial charge in [0.1, 0.15) is 18.4 Å². The first kappa shape index (κ1) is 31.4. The van der Waals surface area contributed by atoms with Gasteiger partial charge in [-0.1, -0.05) is 79.5 Å². The molecule has 0 aliphatic rings. The van der Waals surface area contributed by atoms with Crippen LogP contribution in [-0.4, -0.2) is 50.5 Å². The van der Waals surface area contributed by atoms with Crippen molar-refractivity contribution in [2.24, 2.45) is 5.92 Å². The fraction of sp³-hybridized carbons (Fsp3) is 0.310. The zero-order valence-corrected chi connectivity index (χ0v) is 24.8. The quantitative estimate of drug-likeness (QED) is 0.302. The van der Waals surface area contributed by atoms with Crippen LogP contribution in [0.5, 0.6) is 0 Å². The van der Waals surface area contributed by atoms with Gasteiger partial charge in [-0.05, 0) is 47.4 Å². The van der Waals surface area contributed by atoms with Crippen molar-refractivity contribution in [1.29, 1.82) is 0 Å². The molecule has 0 unspecified atom stereocenters. The lowest BCUT2D eigenvalue weighted by atomic mass is 10.0. The maximum absolute atomic E-state index is 14.0. The van der Waals surface area contributed by atoms with E-state index in [-0.39, 0.29) is 40.5 Å². The number of rotatable bonds is 12. The van der Waals surface area contributed by atoms with Crippen LogP contribution in [0.25, 0.3) is 0 Å². The summed E-state index contributed by atoms with van der Waals surface area (Å²) in [4.78, 5) is 28.9. The number of nitrogens with one attached hydrogen (secondary N) is 1. The normalized spacial score (nSPS) is 12.2. The van der Waals surface area contributed by atoms with Crippen molar-refractivity contribution < 1.29 is 22.4 Å². The molecule has 0 aliphatic carbocycles. The summed E-state index contributed by atoms with van der Waals surface area (Å²) in [5, 5.41) is 3.26. The summed E-state index contributed by atoms with van der Waals surface area (Å²) < 4.78 is 40.2. The van der Waals surface area contributed by atoms with E-state index in [0.717, 1.165) is 16.1 Å². The summed E-state index contributed by atoms with van der Waals surface area (Å²) in [5.41, 5.74) is 1.54. The first-order valence-corrected chi connectivity index (χ1v) is 15.2. The van der Waals surface area contributed by atoms with Crippen LogP contribution in [0.15, 0.2) is 72.8 Å². The highest BCUT2D eigenvalue weighted by atomic mass is 35.5. The summed E-state index contributed by atoms with van der Waals surface area (Å²) in [6.07, 6.45) is 1.16. The van der Waals surface area contributed by atoms with Gasteiger partial charge in [0.15, 0.2) is 0 Å². The summed E-state index contributed by atoms with van der Waals surface area (Å²) in [6, 6.07) is 18.1. The first-order chi connectivity index (χ1) is 18.8. The minimum Gasteiger partial charge on any atom is -0.354 e. The van der Waals surface area contributed by atoms with Crippen LogP contribution >= 0.6 is 23.2 Å². The molecule has 0 saturated carbocycles. The van der Waals surface area contributed by atoms with Crippen LogP contribution in [0, 0.1) is 11.7 Å². The van der Waals surface area contributed by atoms with Crippen molar-refractivity contribution in [3.8, 4) is 0 Å².